The monoisotopic (exact) mass is 793 g/mol. The number of hydrogen-bond donors (Lipinski definition) is 0. The van der Waals surface area contributed by atoms with Crippen LogP contribution in [0.3, 0.4) is 0 Å². The number of carbonyl (C=O) groups is 3. The zero-order valence-corrected chi connectivity index (χ0v) is 38.4. The standard InChI is InChI=1S/C50H96O6/c1-7-46(6)38-32-26-22-23-29-35-41-50(53)56-47(43-55-49(52)40-34-28-21-17-13-15-19-25-31-37-45(4)5)42-54-48(51)39-33-27-20-16-12-10-8-9-11-14-18-24-30-36-44(2)3/h44-47H,7-43H2,1-6H3/t46?,47-/m1/s1. The van der Waals surface area contributed by atoms with Crippen LogP contribution in [0.2, 0.25) is 0 Å². The number of hydrogen-bond acceptors (Lipinski definition) is 6. The van der Waals surface area contributed by atoms with Crippen molar-refractivity contribution in [2.75, 3.05) is 13.2 Å². The van der Waals surface area contributed by atoms with Crippen molar-refractivity contribution in [3.8, 4) is 0 Å². The van der Waals surface area contributed by atoms with E-state index in [0.29, 0.717) is 19.3 Å². The third-order valence-electron chi connectivity index (χ3n) is 11.5. The molecule has 0 saturated carbocycles. The molecule has 0 N–H and O–H groups in total. The SMILES string of the molecule is CCC(C)CCCCCCCCC(=O)O[C@H](COC(=O)CCCCCCCCCCCCCCCC(C)C)COC(=O)CCCCCCCCCCCC(C)C. The molecule has 0 radical (unpaired) electrons. The topological polar surface area (TPSA) is 78.9 Å². The molecule has 1 unspecified atom stereocenters. The molecule has 0 saturated heterocycles. The summed E-state index contributed by atoms with van der Waals surface area (Å²) >= 11 is 0. The molecule has 0 aliphatic carbocycles. The summed E-state index contributed by atoms with van der Waals surface area (Å²) in [7, 11) is 0. The van der Waals surface area contributed by atoms with Crippen LogP contribution < -0.4 is 0 Å². The quantitative estimate of drug-likeness (QED) is 0.0348. The van der Waals surface area contributed by atoms with Gasteiger partial charge in [0.05, 0.1) is 0 Å². The third kappa shape index (κ3) is 42.0. The average molecular weight is 793 g/mol. The Morgan fingerprint density at radius 2 is 0.625 bits per heavy atom. The van der Waals surface area contributed by atoms with Crippen LogP contribution in [0, 0.1) is 17.8 Å². The van der Waals surface area contributed by atoms with Gasteiger partial charge in [-0.25, -0.2) is 0 Å². The fraction of sp³-hybridized carbons (Fsp3) is 0.940. The molecule has 2 atom stereocenters. The van der Waals surface area contributed by atoms with E-state index in [-0.39, 0.29) is 31.1 Å². The van der Waals surface area contributed by atoms with E-state index in [0.717, 1.165) is 75.5 Å². The number of carbonyl (C=O) groups excluding carboxylic acids is 3. The number of esters is 3. The van der Waals surface area contributed by atoms with Crippen LogP contribution in [-0.4, -0.2) is 37.2 Å². The Kier molecular flexibility index (Phi) is 40.4. The lowest BCUT2D eigenvalue weighted by Gasteiger charge is -2.18. The lowest BCUT2D eigenvalue weighted by Crippen LogP contribution is -2.30. The summed E-state index contributed by atoms with van der Waals surface area (Å²) in [4.78, 5) is 37.8. The molecule has 0 aliphatic heterocycles. The van der Waals surface area contributed by atoms with E-state index in [1.807, 2.05) is 0 Å². The summed E-state index contributed by atoms with van der Waals surface area (Å²) in [6, 6.07) is 0. The van der Waals surface area contributed by atoms with E-state index in [4.69, 9.17) is 14.2 Å². The van der Waals surface area contributed by atoms with Crippen molar-refractivity contribution in [1.82, 2.24) is 0 Å². The van der Waals surface area contributed by atoms with Crippen molar-refractivity contribution in [3.05, 3.63) is 0 Å². The highest BCUT2D eigenvalue weighted by Gasteiger charge is 2.19. The highest BCUT2D eigenvalue weighted by atomic mass is 16.6. The van der Waals surface area contributed by atoms with E-state index in [2.05, 4.69) is 41.5 Å². The van der Waals surface area contributed by atoms with Gasteiger partial charge in [-0.2, -0.15) is 0 Å². The molecule has 0 bridgehead atoms. The van der Waals surface area contributed by atoms with Gasteiger partial charge in [0.25, 0.3) is 0 Å². The molecule has 6 nitrogen and oxygen atoms in total. The van der Waals surface area contributed by atoms with Gasteiger partial charge in [-0.3, -0.25) is 14.4 Å². The van der Waals surface area contributed by atoms with E-state index < -0.39 is 6.10 Å². The zero-order valence-electron chi connectivity index (χ0n) is 38.4. The summed E-state index contributed by atoms with van der Waals surface area (Å²) in [6.07, 6.45) is 39.5. The summed E-state index contributed by atoms with van der Waals surface area (Å²) in [6.45, 7) is 13.7. The van der Waals surface area contributed by atoms with Crippen molar-refractivity contribution >= 4 is 17.9 Å². The Balaban J connectivity index is 4.29. The van der Waals surface area contributed by atoms with Gasteiger partial charge in [0.15, 0.2) is 6.10 Å². The first-order valence-corrected chi connectivity index (χ1v) is 24.6. The summed E-state index contributed by atoms with van der Waals surface area (Å²) in [5, 5.41) is 0. The second-order valence-electron chi connectivity index (χ2n) is 18.3. The Morgan fingerprint density at radius 1 is 0.357 bits per heavy atom. The zero-order chi connectivity index (χ0) is 41.3. The van der Waals surface area contributed by atoms with Crippen molar-refractivity contribution < 1.29 is 28.6 Å². The molecular weight excluding hydrogens is 697 g/mol. The predicted molar refractivity (Wildman–Crippen MR) is 238 cm³/mol. The molecule has 332 valence electrons. The molecule has 6 heteroatoms. The Morgan fingerprint density at radius 3 is 0.929 bits per heavy atom. The number of rotatable bonds is 43. The van der Waals surface area contributed by atoms with Crippen LogP contribution in [0.25, 0.3) is 0 Å². The van der Waals surface area contributed by atoms with Gasteiger partial charge >= 0.3 is 17.9 Å². The second-order valence-corrected chi connectivity index (χ2v) is 18.3. The van der Waals surface area contributed by atoms with Crippen LogP contribution in [-0.2, 0) is 28.6 Å². The van der Waals surface area contributed by atoms with Crippen molar-refractivity contribution in [2.24, 2.45) is 17.8 Å². The maximum Gasteiger partial charge on any atom is 0.306 e. The van der Waals surface area contributed by atoms with Crippen molar-refractivity contribution in [3.63, 3.8) is 0 Å². The molecule has 0 heterocycles. The van der Waals surface area contributed by atoms with Gasteiger partial charge in [0, 0.05) is 19.3 Å². The van der Waals surface area contributed by atoms with E-state index in [9.17, 15) is 14.4 Å². The highest BCUT2D eigenvalue weighted by molar-refractivity contribution is 5.71. The highest BCUT2D eigenvalue weighted by Crippen LogP contribution is 2.18. The van der Waals surface area contributed by atoms with Crippen LogP contribution >= 0.6 is 0 Å². The predicted octanol–water partition coefficient (Wildman–Crippen LogP) is 15.6. The molecule has 0 spiro atoms. The lowest BCUT2D eigenvalue weighted by molar-refractivity contribution is -0.167. The summed E-state index contributed by atoms with van der Waals surface area (Å²) in [5.74, 6) is 1.60. The Hall–Kier alpha value is -1.59. The minimum absolute atomic E-state index is 0.0660. The third-order valence-corrected chi connectivity index (χ3v) is 11.5. The number of unbranched alkanes of at least 4 members (excludes halogenated alkanes) is 25. The molecule has 0 fully saturated rings. The molecule has 0 aliphatic rings. The van der Waals surface area contributed by atoms with Crippen LogP contribution in [0.1, 0.15) is 266 Å². The van der Waals surface area contributed by atoms with Gasteiger partial charge in [-0.1, -0.05) is 228 Å². The van der Waals surface area contributed by atoms with Crippen molar-refractivity contribution in [2.45, 2.75) is 272 Å². The summed E-state index contributed by atoms with van der Waals surface area (Å²) < 4.78 is 16.8. The van der Waals surface area contributed by atoms with E-state index in [1.54, 1.807) is 0 Å². The largest absolute Gasteiger partial charge is 0.462 e. The first-order chi connectivity index (χ1) is 27.1. The second kappa shape index (κ2) is 41.6. The van der Waals surface area contributed by atoms with E-state index in [1.165, 1.54) is 148 Å². The Labute approximate surface area is 348 Å². The fourth-order valence-electron chi connectivity index (χ4n) is 7.38. The number of ether oxygens (including phenoxy) is 3. The minimum atomic E-state index is -0.763. The molecule has 56 heavy (non-hydrogen) atoms. The van der Waals surface area contributed by atoms with Crippen LogP contribution in [0.4, 0.5) is 0 Å². The minimum Gasteiger partial charge on any atom is -0.462 e. The molecule has 0 aromatic rings. The lowest BCUT2D eigenvalue weighted by atomic mass is 10.00. The van der Waals surface area contributed by atoms with Gasteiger partial charge < -0.3 is 14.2 Å². The maximum absolute atomic E-state index is 12.7. The van der Waals surface area contributed by atoms with Gasteiger partial charge in [-0.05, 0) is 37.0 Å². The summed E-state index contributed by atoms with van der Waals surface area (Å²) in [5.41, 5.74) is 0. The first-order valence-electron chi connectivity index (χ1n) is 24.6. The average Bonchev–Trinajstić information content (AvgIpc) is 3.16. The maximum atomic E-state index is 12.7. The van der Waals surface area contributed by atoms with Gasteiger partial charge in [0.2, 0.25) is 0 Å². The molecular formula is C50H96O6. The van der Waals surface area contributed by atoms with E-state index >= 15 is 0 Å². The van der Waals surface area contributed by atoms with Gasteiger partial charge in [0.1, 0.15) is 13.2 Å². The fourth-order valence-corrected chi connectivity index (χ4v) is 7.38. The molecule has 0 aromatic heterocycles. The molecule has 0 aromatic carbocycles. The van der Waals surface area contributed by atoms with Crippen LogP contribution in [0.5, 0.6) is 0 Å². The first kappa shape index (κ1) is 54.4. The molecule has 0 rings (SSSR count). The smallest absolute Gasteiger partial charge is 0.306 e. The molecule has 0 amide bonds. The van der Waals surface area contributed by atoms with Crippen LogP contribution in [0.15, 0.2) is 0 Å². The van der Waals surface area contributed by atoms with Crippen molar-refractivity contribution in [1.29, 1.82) is 0 Å². The van der Waals surface area contributed by atoms with Gasteiger partial charge in [-0.15, -0.1) is 0 Å². The normalized spacial score (nSPS) is 12.6. The Bertz CT molecular complexity index is 870.